The molecule has 0 saturated heterocycles. The van der Waals surface area contributed by atoms with Crippen LogP contribution in [0.15, 0.2) is 51.8 Å². The molecular weight excluding hydrogens is 312 g/mol. The van der Waals surface area contributed by atoms with E-state index in [0.29, 0.717) is 5.75 Å². The van der Waals surface area contributed by atoms with Crippen LogP contribution in [0.2, 0.25) is 0 Å². The smallest absolute Gasteiger partial charge is 0.140 e. The van der Waals surface area contributed by atoms with E-state index in [1.54, 1.807) is 11.8 Å². The second kappa shape index (κ2) is 6.27. The van der Waals surface area contributed by atoms with Crippen LogP contribution in [0.25, 0.3) is 0 Å². The summed E-state index contributed by atoms with van der Waals surface area (Å²) in [5.74, 6) is 1.49. The summed E-state index contributed by atoms with van der Waals surface area (Å²) in [6.45, 7) is -0.0454. The highest BCUT2D eigenvalue weighted by atomic mass is 79.9. The average Bonchev–Trinajstić information content (AvgIpc) is 2.41. The highest BCUT2D eigenvalue weighted by Crippen LogP contribution is 2.33. The van der Waals surface area contributed by atoms with Gasteiger partial charge in [0.2, 0.25) is 0 Å². The van der Waals surface area contributed by atoms with Crippen LogP contribution in [-0.4, -0.2) is 11.4 Å². The molecule has 0 amide bonds. The van der Waals surface area contributed by atoms with E-state index in [1.165, 1.54) is 0 Å². The fraction of sp³-hybridized carbons (Fsp3) is 0.143. The summed E-state index contributed by atoms with van der Waals surface area (Å²) in [5, 5.41) is 9.34. The van der Waals surface area contributed by atoms with Crippen LogP contribution < -0.4 is 4.74 Å². The number of rotatable bonds is 4. The molecule has 0 aliphatic heterocycles. The van der Waals surface area contributed by atoms with Crippen LogP contribution in [-0.2, 0) is 6.61 Å². The number of thioether (sulfide) groups is 1. The number of hydrogen-bond donors (Lipinski definition) is 1. The lowest BCUT2D eigenvalue weighted by Crippen LogP contribution is -1.92. The SMILES string of the molecule is CSc1ccccc1Oc1ccc(Br)cc1CO. The lowest BCUT2D eigenvalue weighted by atomic mass is 10.2. The van der Waals surface area contributed by atoms with Gasteiger partial charge < -0.3 is 9.84 Å². The van der Waals surface area contributed by atoms with Gasteiger partial charge in [0.1, 0.15) is 11.5 Å². The second-order valence-electron chi connectivity index (χ2n) is 3.66. The van der Waals surface area contributed by atoms with Gasteiger partial charge in [0.25, 0.3) is 0 Å². The first kappa shape index (κ1) is 13.5. The summed E-state index contributed by atoms with van der Waals surface area (Å²) < 4.78 is 6.80. The highest BCUT2D eigenvalue weighted by Gasteiger charge is 2.07. The third kappa shape index (κ3) is 3.07. The molecule has 0 radical (unpaired) electrons. The molecule has 0 aromatic heterocycles. The Morgan fingerprint density at radius 2 is 1.94 bits per heavy atom. The molecule has 2 aromatic carbocycles. The normalized spacial score (nSPS) is 10.4. The topological polar surface area (TPSA) is 29.5 Å². The fourth-order valence-electron chi connectivity index (χ4n) is 1.59. The minimum Gasteiger partial charge on any atom is -0.456 e. The van der Waals surface area contributed by atoms with Crippen molar-refractivity contribution in [2.75, 3.05) is 6.26 Å². The Hall–Kier alpha value is -0.970. The number of aliphatic hydroxyl groups is 1. The highest BCUT2D eigenvalue weighted by molar-refractivity contribution is 9.10. The van der Waals surface area contributed by atoms with Gasteiger partial charge in [-0.2, -0.15) is 0 Å². The van der Waals surface area contributed by atoms with E-state index in [0.717, 1.165) is 20.7 Å². The molecule has 0 fully saturated rings. The predicted octanol–water partition coefficient (Wildman–Crippen LogP) is 4.46. The molecule has 0 bridgehead atoms. The zero-order valence-electron chi connectivity index (χ0n) is 9.89. The minimum absolute atomic E-state index is 0.0454. The zero-order valence-corrected chi connectivity index (χ0v) is 12.3. The molecule has 0 unspecified atom stereocenters. The maximum atomic E-state index is 9.34. The zero-order chi connectivity index (χ0) is 13.0. The third-order valence-electron chi connectivity index (χ3n) is 2.48. The quantitative estimate of drug-likeness (QED) is 0.842. The maximum absolute atomic E-state index is 9.34. The van der Waals surface area contributed by atoms with Crippen LogP contribution in [0.4, 0.5) is 0 Å². The molecule has 1 N–H and O–H groups in total. The molecule has 2 rings (SSSR count). The van der Waals surface area contributed by atoms with Crippen molar-refractivity contribution >= 4 is 27.7 Å². The van der Waals surface area contributed by atoms with E-state index in [9.17, 15) is 5.11 Å². The monoisotopic (exact) mass is 324 g/mol. The molecule has 0 spiro atoms. The van der Waals surface area contributed by atoms with Gasteiger partial charge in [-0.1, -0.05) is 28.1 Å². The summed E-state index contributed by atoms with van der Waals surface area (Å²) in [4.78, 5) is 1.07. The largest absolute Gasteiger partial charge is 0.456 e. The van der Waals surface area contributed by atoms with E-state index in [4.69, 9.17) is 4.74 Å². The number of halogens is 1. The molecule has 18 heavy (non-hydrogen) atoms. The first-order valence-electron chi connectivity index (χ1n) is 5.44. The molecule has 2 nitrogen and oxygen atoms in total. The molecule has 94 valence electrons. The van der Waals surface area contributed by atoms with Crippen molar-refractivity contribution in [1.29, 1.82) is 0 Å². The third-order valence-corrected chi connectivity index (χ3v) is 3.75. The Morgan fingerprint density at radius 1 is 1.17 bits per heavy atom. The van der Waals surface area contributed by atoms with Gasteiger partial charge in [0.15, 0.2) is 0 Å². The molecule has 0 aliphatic rings. The van der Waals surface area contributed by atoms with Gasteiger partial charge >= 0.3 is 0 Å². The number of hydrogen-bond acceptors (Lipinski definition) is 3. The van der Waals surface area contributed by atoms with Gasteiger partial charge in [-0.15, -0.1) is 11.8 Å². The van der Waals surface area contributed by atoms with Crippen LogP contribution in [0.5, 0.6) is 11.5 Å². The number of ether oxygens (including phenoxy) is 1. The number of para-hydroxylation sites is 1. The molecular formula is C14H13BrO2S. The first-order valence-corrected chi connectivity index (χ1v) is 7.46. The lowest BCUT2D eigenvalue weighted by molar-refractivity contribution is 0.276. The van der Waals surface area contributed by atoms with Gasteiger partial charge in [-0.05, 0) is 36.6 Å². The maximum Gasteiger partial charge on any atom is 0.140 e. The van der Waals surface area contributed by atoms with Crippen LogP contribution >= 0.6 is 27.7 Å². The van der Waals surface area contributed by atoms with E-state index < -0.39 is 0 Å². The Labute approximate surface area is 119 Å². The average molecular weight is 325 g/mol. The van der Waals surface area contributed by atoms with Gasteiger partial charge in [-0.3, -0.25) is 0 Å². The number of benzene rings is 2. The Balaban J connectivity index is 2.33. The molecule has 2 aromatic rings. The Morgan fingerprint density at radius 3 is 2.67 bits per heavy atom. The molecule has 0 atom stereocenters. The van der Waals surface area contributed by atoms with E-state index in [1.807, 2.05) is 48.7 Å². The van der Waals surface area contributed by atoms with Crippen molar-refractivity contribution in [2.24, 2.45) is 0 Å². The molecule has 0 heterocycles. The van der Waals surface area contributed by atoms with Gasteiger partial charge in [-0.25, -0.2) is 0 Å². The van der Waals surface area contributed by atoms with Crippen molar-refractivity contribution in [2.45, 2.75) is 11.5 Å². The molecule has 0 saturated carbocycles. The fourth-order valence-corrected chi connectivity index (χ4v) is 2.53. The molecule has 4 heteroatoms. The van der Waals surface area contributed by atoms with Crippen molar-refractivity contribution < 1.29 is 9.84 Å². The van der Waals surface area contributed by atoms with Crippen LogP contribution in [0.3, 0.4) is 0 Å². The number of aliphatic hydroxyl groups excluding tert-OH is 1. The summed E-state index contributed by atoms with van der Waals surface area (Å²) in [5.41, 5.74) is 0.764. The van der Waals surface area contributed by atoms with Crippen molar-refractivity contribution in [3.63, 3.8) is 0 Å². The summed E-state index contributed by atoms with van der Waals surface area (Å²) in [6, 6.07) is 13.5. The van der Waals surface area contributed by atoms with Crippen LogP contribution in [0, 0.1) is 0 Å². The van der Waals surface area contributed by atoms with Crippen molar-refractivity contribution in [3.8, 4) is 11.5 Å². The van der Waals surface area contributed by atoms with Gasteiger partial charge in [0, 0.05) is 14.9 Å². The van der Waals surface area contributed by atoms with E-state index in [-0.39, 0.29) is 6.61 Å². The Bertz CT molecular complexity index is 543. The standard InChI is InChI=1S/C14H13BrO2S/c1-18-14-5-3-2-4-13(14)17-12-7-6-11(15)8-10(12)9-16/h2-8,16H,9H2,1H3. The first-order chi connectivity index (χ1) is 8.74. The van der Waals surface area contributed by atoms with Gasteiger partial charge in [0.05, 0.1) is 6.61 Å². The predicted molar refractivity (Wildman–Crippen MR) is 78.4 cm³/mol. The summed E-state index contributed by atoms with van der Waals surface area (Å²) in [7, 11) is 0. The van der Waals surface area contributed by atoms with Crippen molar-refractivity contribution in [3.05, 3.63) is 52.5 Å². The van der Waals surface area contributed by atoms with E-state index in [2.05, 4.69) is 15.9 Å². The lowest BCUT2D eigenvalue weighted by Gasteiger charge is -2.12. The minimum atomic E-state index is -0.0454. The van der Waals surface area contributed by atoms with Crippen molar-refractivity contribution in [1.82, 2.24) is 0 Å². The molecule has 0 aliphatic carbocycles. The van der Waals surface area contributed by atoms with E-state index >= 15 is 0 Å². The Kier molecular flexibility index (Phi) is 4.69. The van der Waals surface area contributed by atoms with Crippen LogP contribution in [0.1, 0.15) is 5.56 Å². The second-order valence-corrected chi connectivity index (χ2v) is 5.43. The summed E-state index contributed by atoms with van der Waals surface area (Å²) in [6.07, 6.45) is 2.01. The summed E-state index contributed by atoms with van der Waals surface area (Å²) >= 11 is 5.01.